The number of non-ortho nitro benzene ring substituents is 1. The van der Waals surface area contributed by atoms with Crippen LogP contribution in [0.25, 0.3) is 0 Å². The smallest absolute Gasteiger partial charge is 0.332 e. The third-order valence-corrected chi connectivity index (χ3v) is 1.77. The van der Waals surface area contributed by atoms with Crippen molar-refractivity contribution in [2.24, 2.45) is 0 Å². The van der Waals surface area contributed by atoms with Crippen molar-refractivity contribution in [2.45, 2.75) is 0 Å². The standard InChI is InChI=1S/C8H7N3O7/c12-8(13)4-18-9-6-2-1-5(10(14)15)3-7(6)11(16)17/h1-3,9H,4H2,(H,12,13). The van der Waals surface area contributed by atoms with Gasteiger partial charge < -0.3 is 5.11 Å². The zero-order chi connectivity index (χ0) is 13.7. The van der Waals surface area contributed by atoms with Crippen LogP contribution in [-0.4, -0.2) is 27.5 Å². The Morgan fingerprint density at radius 2 is 2.00 bits per heavy atom. The first-order chi connectivity index (χ1) is 8.41. The Balaban J connectivity index is 2.93. The van der Waals surface area contributed by atoms with Crippen molar-refractivity contribution in [3.05, 3.63) is 38.4 Å². The maximum atomic E-state index is 10.7. The second-order valence-corrected chi connectivity index (χ2v) is 3.00. The average Bonchev–Trinajstić information content (AvgIpc) is 2.28. The third-order valence-electron chi connectivity index (χ3n) is 1.77. The summed E-state index contributed by atoms with van der Waals surface area (Å²) < 4.78 is 0. The number of carboxylic acid groups (broad SMARTS) is 1. The molecule has 96 valence electrons. The van der Waals surface area contributed by atoms with E-state index >= 15 is 0 Å². The highest BCUT2D eigenvalue weighted by Crippen LogP contribution is 2.28. The molecule has 0 aliphatic carbocycles. The topological polar surface area (TPSA) is 145 Å². The third kappa shape index (κ3) is 3.38. The second kappa shape index (κ2) is 5.54. The van der Waals surface area contributed by atoms with Crippen molar-refractivity contribution in [1.29, 1.82) is 0 Å². The molecule has 0 radical (unpaired) electrons. The number of aliphatic carboxylic acids is 1. The van der Waals surface area contributed by atoms with Gasteiger partial charge >= 0.3 is 11.7 Å². The van der Waals surface area contributed by atoms with Crippen molar-refractivity contribution in [1.82, 2.24) is 0 Å². The molecule has 1 aromatic carbocycles. The predicted octanol–water partition coefficient (Wildman–Crippen LogP) is 0.931. The highest BCUT2D eigenvalue weighted by molar-refractivity contribution is 5.68. The normalized spacial score (nSPS) is 9.78. The van der Waals surface area contributed by atoms with Crippen LogP contribution in [0.2, 0.25) is 0 Å². The molecule has 0 fully saturated rings. The number of hydrogen-bond acceptors (Lipinski definition) is 7. The van der Waals surface area contributed by atoms with Gasteiger partial charge in [0.1, 0.15) is 5.69 Å². The number of carbonyl (C=O) groups is 1. The van der Waals surface area contributed by atoms with E-state index in [4.69, 9.17) is 5.11 Å². The molecule has 0 saturated carbocycles. The van der Waals surface area contributed by atoms with Gasteiger partial charge in [-0.05, 0) is 6.07 Å². The van der Waals surface area contributed by atoms with E-state index in [-0.39, 0.29) is 5.69 Å². The van der Waals surface area contributed by atoms with Crippen LogP contribution in [0.4, 0.5) is 17.1 Å². The zero-order valence-corrected chi connectivity index (χ0v) is 8.73. The van der Waals surface area contributed by atoms with Crippen molar-refractivity contribution in [3.8, 4) is 0 Å². The first-order valence-corrected chi connectivity index (χ1v) is 4.44. The molecule has 1 rings (SSSR count). The largest absolute Gasteiger partial charge is 0.479 e. The molecule has 0 heterocycles. The number of nitrogens with one attached hydrogen (secondary N) is 1. The van der Waals surface area contributed by atoms with E-state index in [2.05, 4.69) is 4.84 Å². The minimum Gasteiger partial charge on any atom is -0.479 e. The van der Waals surface area contributed by atoms with Crippen LogP contribution < -0.4 is 5.48 Å². The van der Waals surface area contributed by atoms with Gasteiger partial charge in [0, 0.05) is 6.07 Å². The minimum absolute atomic E-state index is 0.174. The van der Waals surface area contributed by atoms with Gasteiger partial charge in [-0.1, -0.05) is 0 Å². The van der Waals surface area contributed by atoms with Gasteiger partial charge in [-0.2, -0.15) is 0 Å². The molecule has 0 aliphatic rings. The van der Waals surface area contributed by atoms with Gasteiger partial charge in [0.05, 0.1) is 15.9 Å². The van der Waals surface area contributed by atoms with Crippen molar-refractivity contribution in [2.75, 3.05) is 12.1 Å². The molecule has 18 heavy (non-hydrogen) atoms. The van der Waals surface area contributed by atoms with Gasteiger partial charge in [-0.3, -0.25) is 30.5 Å². The van der Waals surface area contributed by atoms with Crippen LogP contribution in [0.5, 0.6) is 0 Å². The molecule has 0 bridgehead atoms. The Bertz CT molecular complexity index is 501. The van der Waals surface area contributed by atoms with E-state index in [1.54, 1.807) is 0 Å². The number of nitro benzene ring substituents is 2. The summed E-state index contributed by atoms with van der Waals surface area (Å²) in [6.07, 6.45) is 0. The maximum Gasteiger partial charge on any atom is 0.332 e. The van der Waals surface area contributed by atoms with Crippen molar-refractivity contribution < 1.29 is 24.6 Å². The molecule has 0 amide bonds. The zero-order valence-electron chi connectivity index (χ0n) is 8.73. The number of nitrogens with zero attached hydrogens (tertiary/aromatic N) is 2. The Labute approximate surface area is 99.0 Å². The molecule has 1 aromatic rings. The summed E-state index contributed by atoms with van der Waals surface area (Å²) in [7, 11) is 0. The highest BCUT2D eigenvalue weighted by Gasteiger charge is 2.19. The van der Waals surface area contributed by atoms with E-state index in [9.17, 15) is 25.0 Å². The number of anilines is 1. The van der Waals surface area contributed by atoms with E-state index in [0.717, 1.165) is 18.2 Å². The summed E-state index contributed by atoms with van der Waals surface area (Å²) in [5.74, 6) is -1.27. The monoisotopic (exact) mass is 257 g/mol. The molecule has 10 nitrogen and oxygen atoms in total. The Morgan fingerprint density at radius 3 is 2.50 bits per heavy atom. The van der Waals surface area contributed by atoms with Crippen molar-refractivity contribution >= 4 is 23.0 Å². The van der Waals surface area contributed by atoms with Gasteiger partial charge in [0.2, 0.25) is 0 Å². The van der Waals surface area contributed by atoms with Crippen molar-refractivity contribution in [3.63, 3.8) is 0 Å². The summed E-state index contributed by atoms with van der Waals surface area (Å²) >= 11 is 0. The number of hydrogen-bond donors (Lipinski definition) is 2. The van der Waals surface area contributed by atoms with Gasteiger partial charge in [0.15, 0.2) is 6.61 Å². The summed E-state index contributed by atoms with van der Waals surface area (Å²) in [4.78, 5) is 34.1. The Morgan fingerprint density at radius 1 is 1.33 bits per heavy atom. The fraction of sp³-hybridized carbons (Fsp3) is 0.125. The van der Waals surface area contributed by atoms with Crippen LogP contribution in [0.3, 0.4) is 0 Å². The fourth-order valence-electron chi connectivity index (χ4n) is 1.05. The first-order valence-electron chi connectivity index (χ1n) is 4.44. The molecule has 0 atom stereocenters. The molecule has 0 spiro atoms. The summed E-state index contributed by atoms with van der Waals surface area (Å²) in [6.45, 7) is -0.714. The van der Waals surface area contributed by atoms with Crippen LogP contribution >= 0.6 is 0 Å². The second-order valence-electron chi connectivity index (χ2n) is 3.00. The Hall–Kier alpha value is -2.75. The molecule has 0 aliphatic heterocycles. The highest BCUT2D eigenvalue weighted by atomic mass is 16.7. The summed E-state index contributed by atoms with van der Waals surface area (Å²) in [5, 5.41) is 29.4. The van der Waals surface area contributed by atoms with E-state index in [1.165, 1.54) is 0 Å². The number of rotatable bonds is 6. The number of benzene rings is 1. The van der Waals surface area contributed by atoms with E-state index in [0.29, 0.717) is 0 Å². The van der Waals surface area contributed by atoms with Crippen LogP contribution in [0, 0.1) is 20.2 Å². The fourth-order valence-corrected chi connectivity index (χ4v) is 1.05. The first kappa shape index (κ1) is 13.3. The molecule has 0 aromatic heterocycles. The average molecular weight is 257 g/mol. The lowest BCUT2D eigenvalue weighted by atomic mass is 10.2. The van der Waals surface area contributed by atoms with E-state index < -0.39 is 33.8 Å². The van der Waals surface area contributed by atoms with Gasteiger partial charge in [0.25, 0.3) is 5.69 Å². The van der Waals surface area contributed by atoms with Gasteiger partial charge in [-0.25, -0.2) is 4.79 Å². The van der Waals surface area contributed by atoms with Crippen LogP contribution in [0.1, 0.15) is 0 Å². The van der Waals surface area contributed by atoms with Crippen LogP contribution in [-0.2, 0) is 9.63 Å². The molecular formula is C8H7N3O7. The lowest BCUT2D eigenvalue weighted by Gasteiger charge is -2.05. The molecule has 0 unspecified atom stereocenters. The predicted molar refractivity (Wildman–Crippen MR) is 57.0 cm³/mol. The Kier molecular flexibility index (Phi) is 4.10. The molecule has 2 N–H and O–H groups in total. The summed E-state index contributed by atoms with van der Waals surface area (Å²) in [6, 6.07) is 2.82. The lowest BCUT2D eigenvalue weighted by molar-refractivity contribution is -0.393. The number of nitro groups is 2. The molecule has 10 heteroatoms. The number of carboxylic acids is 1. The minimum atomic E-state index is -1.27. The van der Waals surface area contributed by atoms with Gasteiger partial charge in [-0.15, -0.1) is 0 Å². The maximum absolute atomic E-state index is 10.7. The molecular weight excluding hydrogens is 250 g/mol. The van der Waals surface area contributed by atoms with Crippen LogP contribution in [0.15, 0.2) is 18.2 Å². The summed E-state index contributed by atoms with van der Waals surface area (Å²) in [5.41, 5.74) is 0.831. The lowest BCUT2D eigenvalue weighted by Crippen LogP contribution is -2.12. The van der Waals surface area contributed by atoms with E-state index in [1.807, 2.05) is 5.48 Å². The SMILES string of the molecule is O=C(O)CONc1ccc([N+](=O)[O-])cc1[N+](=O)[O-]. The quantitative estimate of drug-likeness (QED) is 0.565. The molecule has 0 saturated heterocycles.